The van der Waals surface area contributed by atoms with Crippen LogP contribution < -0.4 is 10.2 Å². The zero-order chi connectivity index (χ0) is 22.4. The summed E-state index contributed by atoms with van der Waals surface area (Å²) in [6.07, 6.45) is 2.05. The molecule has 8 nitrogen and oxygen atoms in total. The highest BCUT2D eigenvalue weighted by Gasteiger charge is 2.36. The molecule has 0 saturated carbocycles. The second-order valence-electron chi connectivity index (χ2n) is 9.15. The summed E-state index contributed by atoms with van der Waals surface area (Å²) in [7, 11) is 0. The topological polar surface area (TPSA) is 81.7 Å². The van der Waals surface area contributed by atoms with Crippen LogP contribution in [0, 0.1) is 0 Å². The summed E-state index contributed by atoms with van der Waals surface area (Å²) in [6, 6.07) is 8.80. The normalized spacial score (nSPS) is 20.1. The van der Waals surface area contributed by atoms with E-state index in [4.69, 9.17) is 9.97 Å². The van der Waals surface area contributed by atoms with Gasteiger partial charge in [0.1, 0.15) is 11.5 Å². The minimum atomic E-state index is -0.0316. The SMILES string of the molecule is CC(=O)N1CCN(c2nc(NC3CCc4ccccc43)c3c(n2)C(=O)N(C(C)C)C3)CC1. The molecule has 1 aromatic carbocycles. The van der Waals surface area contributed by atoms with Gasteiger partial charge < -0.3 is 20.0 Å². The number of rotatable bonds is 4. The second-order valence-corrected chi connectivity index (χ2v) is 9.15. The van der Waals surface area contributed by atoms with Crippen molar-refractivity contribution in [1.82, 2.24) is 19.8 Å². The van der Waals surface area contributed by atoms with Crippen LogP contribution >= 0.6 is 0 Å². The smallest absolute Gasteiger partial charge is 0.273 e. The number of hydrogen-bond acceptors (Lipinski definition) is 6. The van der Waals surface area contributed by atoms with Crippen LogP contribution in [0.1, 0.15) is 60.4 Å². The molecule has 8 heteroatoms. The largest absolute Gasteiger partial charge is 0.363 e. The predicted molar refractivity (Wildman–Crippen MR) is 123 cm³/mol. The molecule has 0 bridgehead atoms. The van der Waals surface area contributed by atoms with Crippen molar-refractivity contribution in [2.75, 3.05) is 36.4 Å². The lowest BCUT2D eigenvalue weighted by molar-refractivity contribution is -0.129. The highest BCUT2D eigenvalue weighted by molar-refractivity contribution is 5.98. The molecule has 1 aliphatic carbocycles. The van der Waals surface area contributed by atoms with Crippen LogP contribution in [0.25, 0.3) is 0 Å². The van der Waals surface area contributed by atoms with Gasteiger partial charge in [-0.25, -0.2) is 4.98 Å². The Hall–Kier alpha value is -3.16. The maximum Gasteiger partial charge on any atom is 0.273 e. The third-order valence-electron chi connectivity index (χ3n) is 6.86. The Morgan fingerprint density at radius 1 is 1.12 bits per heavy atom. The van der Waals surface area contributed by atoms with Crippen LogP contribution in [0.3, 0.4) is 0 Å². The van der Waals surface area contributed by atoms with E-state index in [0.717, 1.165) is 24.2 Å². The molecule has 1 N–H and O–H groups in total. The van der Waals surface area contributed by atoms with Crippen molar-refractivity contribution in [3.63, 3.8) is 0 Å². The van der Waals surface area contributed by atoms with Crippen molar-refractivity contribution in [3.8, 4) is 0 Å². The Labute approximate surface area is 188 Å². The summed E-state index contributed by atoms with van der Waals surface area (Å²) in [5.41, 5.74) is 4.07. The van der Waals surface area contributed by atoms with Gasteiger partial charge >= 0.3 is 0 Å². The number of carbonyl (C=O) groups is 2. The first-order valence-electron chi connectivity index (χ1n) is 11.5. The molecule has 3 heterocycles. The van der Waals surface area contributed by atoms with Gasteiger partial charge in [-0.15, -0.1) is 0 Å². The number of carbonyl (C=O) groups excluding carboxylic acids is 2. The van der Waals surface area contributed by atoms with Gasteiger partial charge in [0.25, 0.3) is 5.91 Å². The van der Waals surface area contributed by atoms with Crippen molar-refractivity contribution >= 4 is 23.6 Å². The Morgan fingerprint density at radius 2 is 1.88 bits per heavy atom. The molecule has 3 aliphatic rings. The van der Waals surface area contributed by atoms with E-state index in [1.807, 2.05) is 23.6 Å². The van der Waals surface area contributed by atoms with E-state index < -0.39 is 0 Å². The standard InChI is InChI=1S/C24H30N6O2/c1-15(2)30-14-19-21(23(30)32)26-24(29-12-10-28(11-13-29)16(3)31)27-22(19)25-20-9-8-17-6-4-5-7-18(17)20/h4-7,15,20H,8-14H2,1-3H3,(H,25,26,27). The quantitative estimate of drug-likeness (QED) is 0.797. The van der Waals surface area contributed by atoms with E-state index >= 15 is 0 Å². The molecule has 1 aromatic heterocycles. The molecule has 1 fully saturated rings. The van der Waals surface area contributed by atoms with E-state index in [2.05, 4.69) is 34.5 Å². The summed E-state index contributed by atoms with van der Waals surface area (Å²) in [6.45, 7) is 8.78. The maximum absolute atomic E-state index is 13.1. The molecular weight excluding hydrogens is 404 g/mol. The number of anilines is 2. The number of hydrogen-bond donors (Lipinski definition) is 1. The second kappa shape index (κ2) is 8.07. The fourth-order valence-corrected chi connectivity index (χ4v) is 4.95. The molecule has 0 spiro atoms. The van der Waals surface area contributed by atoms with Gasteiger partial charge in [0.05, 0.1) is 12.6 Å². The molecular formula is C24H30N6O2. The zero-order valence-electron chi connectivity index (χ0n) is 19.0. The third-order valence-corrected chi connectivity index (χ3v) is 6.86. The van der Waals surface area contributed by atoms with Crippen LogP contribution in [-0.4, -0.2) is 63.8 Å². The van der Waals surface area contributed by atoms with Crippen molar-refractivity contribution in [1.29, 1.82) is 0 Å². The van der Waals surface area contributed by atoms with Crippen LogP contribution in [0.2, 0.25) is 0 Å². The predicted octanol–water partition coefficient (Wildman–Crippen LogP) is 2.61. The number of nitrogens with one attached hydrogen (secondary N) is 1. The summed E-state index contributed by atoms with van der Waals surface area (Å²) < 4.78 is 0. The lowest BCUT2D eigenvalue weighted by atomic mass is 10.1. The van der Waals surface area contributed by atoms with E-state index in [-0.39, 0.29) is 23.9 Å². The number of aromatic nitrogens is 2. The van der Waals surface area contributed by atoms with Gasteiger partial charge in [-0.05, 0) is 37.8 Å². The number of nitrogens with zero attached hydrogens (tertiary/aromatic N) is 5. The van der Waals surface area contributed by atoms with Gasteiger partial charge in [-0.1, -0.05) is 24.3 Å². The molecule has 0 radical (unpaired) electrons. The molecule has 2 aromatic rings. The molecule has 1 saturated heterocycles. The van der Waals surface area contributed by atoms with Crippen LogP contribution in [0.5, 0.6) is 0 Å². The molecule has 2 aliphatic heterocycles. The summed E-state index contributed by atoms with van der Waals surface area (Å²) in [5.74, 6) is 1.39. The number of aryl methyl sites for hydroxylation is 1. The number of amides is 2. The van der Waals surface area contributed by atoms with Gasteiger partial charge in [-0.3, -0.25) is 9.59 Å². The van der Waals surface area contributed by atoms with E-state index in [9.17, 15) is 9.59 Å². The van der Waals surface area contributed by atoms with Crippen LogP contribution in [0.4, 0.5) is 11.8 Å². The van der Waals surface area contributed by atoms with Gasteiger partial charge in [-0.2, -0.15) is 4.98 Å². The monoisotopic (exact) mass is 434 g/mol. The van der Waals surface area contributed by atoms with Crippen molar-refractivity contribution in [2.45, 2.75) is 52.2 Å². The van der Waals surface area contributed by atoms with E-state index in [0.29, 0.717) is 44.4 Å². The van der Waals surface area contributed by atoms with Crippen molar-refractivity contribution < 1.29 is 9.59 Å². The fraction of sp³-hybridized carbons (Fsp3) is 0.500. The fourth-order valence-electron chi connectivity index (χ4n) is 4.95. The highest BCUT2D eigenvalue weighted by atomic mass is 16.2. The van der Waals surface area contributed by atoms with E-state index in [1.165, 1.54) is 11.1 Å². The number of fused-ring (bicyclic) bond motifs is 2. The molecule has 32 heavy (non-hydrogen) atoms. The zero-order valence-corrected chi connectivity index (χ0v) is 19.0. The Kier molecular flexibility index (Phi) is 5.23. The molecule has 168 valence electrons. The number of benzene rings is 1. The first-order valence-corrected chi connectivity index (χ1v) is 11.5. The third kappa shape index (κ3) is 3.57. The first kappa shape index (κ1) is 20.7. The van der Waals surface area contributed by atoms with Crippen molar-refractivity contribution in [3.05, 3.63) is 46.6 Å². The van der Waals surface area contributed by atoms with E-state index in [1.54, 1.807) is 6.92 Å². The lowest BCUT2D eigenvalue weighted by Crippen LogP contribution is -2.48. The summed E-state index contributed by atoms with van der Waals surface area (Å²) in [5, 5.41) is 3.66. The maximum atomic E-state index is 13.1. The molecule has 1 unspecified atom stereocenters. The summed E-state index contributed by atoms with van der Waals surface area (Å²) in [4.78, 5) is 40.3. The molecule has 2 amide bonds. The average Bonchev–Trinajstić information content (AvgIpc) is 3.35. The average molecular weight is 435 g/mol. The lowest BCUT2D eigenvalue weighted by Gasteiger charge is -2.34. The van der Waals surface area contributed by atoms with Gasteiger partial charge in [0, 0.05) is 44.7 Å². The number of piperazine rings is 1. The minimum absolute atomic E-state index is 0.0316. The first-order chi connectivity index (χ1) is 15.4. The summed E-state index contributed by atoms with van der Waals surface area (Å²) >= 11 is 0. The van der Waals surface area contributed by atoms with Crippen molar-refractivity contribution in [2.24, 2.45) is 0 Å². The van der Waals surface area contributed by atoms with Crippen LogP contribution in [0.15, 0.2) is 24.3 Å². The van der Waals surface area contributed by atoms with Crippen LogP contribution in [-0.2, 0) is 17.8 Å². The molecule has 1 atom stereocenters. The minimum Gasteiger partial charge on any atom is -0.363 e. The highest BCUT2D eigenvalue weighted by Crippen LogP contribution is 2.37. The Morgan fingerprint density at radius 3 is 2.59 bits per heavy atom. The van der Waals surface area contributed by atoms with Gasteiger partial charge in [0.15, 0.2) is 0 Å². The van der Waals surface area contributed by atoms with Gasteiger partial charge in [0.2, 0.25) is 11.9 Å². The Bertz CT molecular complexity index is 1060. The Balaban J connectivity index is 1.48. The molecule has 5 rings (SSSR count).